The minimum absolute atomic E-state index is 0.243. The fourth-order valence-electron chi connectivity index (χ4n) is 3.21. The zero-order valence-electron chi connectivity index (χ0n) is 16.7. The molecule has 4 aromatic rings. The average Bonchev–Trinajstić information content (AvgIpc) is 3.33. The Bertz CT molecular complexity index is 1140. The van der Waals surface area contributed by atoms with Crippen molar-refractivity contribution in [1.82, 2.24) is 19.3 Å². The van der Waals surface area contributed by atoms with Gasteiger partial charge in [-0.25, -0.2) is 9.97 Å². The van der Waals surface area contributed by atoms with E-state index in [4.69, 9.17) is 0 Å². The Labute approximate surface area is 173 Å². The molecule has 1 aromatic carbocycles. The fourth-order valence-corrected chi connectivity index (χ4v) is 3.93. The zero-order valence-corrected chi connectivity index (χ0v) is 17.5. The molecular formula is C22H23N5OS. The van der Waals surface area contributed by atoms with Crippen molar-refractivity contribution in [2.75, 3.05) is 19.4 Å². The summed E-state index contributed by atoms with van der Waals surface area (Å²) in [6, 6.07) is 14.1. The van der Waals surface area contributed by atoms with Gasteiger partial charge in [0.05, 0.1) is 11.4 Å². The molecule has 0 bridgehead atoms. The predicted octanol–water partition coefficient (Wildman–Crippen LogP) is 4.33. The number of carbonyl (C=O) groups excluding carboxylic acids is 1. The highest BCUT2D eigenvalue weighted by molar-refractivity contribution is 7.14. The molecule has 0 saturated heterocycles. The molecular weight excluding hydrogens is 382 g/mol. The summed E-state index contributed by atoms with van der Waals surface area (Å²) in [6.07, 6.45) is 2.94. The van der Waals surface area contributed by atoms with Crippen molar-refractivity contribution in [3.8, 4) is 11.3 Å². The summed E-state index contributed by atoms with van der Waals surface area (Å²) >= 11 is 1.42. The SMILES string of the molecule is CCc1ccc(-c2csc(NC(=O)c3nc4ccccn4c3CN(C)C)n2)cc1. The Morgan fingerprint density at radius 1 is 1.14 bits per heavy atom. The van der Waals surface area contributed by atoms with E-state index in [-0.39, 0.29) is 5.91 Å². The third kappa shape index (κ3) is 4.06. The molecule has 3 aromatic heterocycles. The molecule has 0 spiro atoms. The van der Waals surface area contributed by atoms with Gasteiger partial charge in [-0.3, -0.25) is 10.1 Å². The van der Waals surface area contributed by atoms with Crippen LogP contribution in [0.25, 0.3) is 16.9 Å². The highest BCUT2D eigenvalue weighted by Gasteiger charge is 2.20. The first-order valence-corrected chi connectivity index (χ1v) is 10.4. The lowest BCUT2D eigenvalue weighted by molar-refractivity contribution is 0.102. The van der Waals surface area contributed by atoms with Crippen LogP contribution in [0.1, 0.15) is 28.7 Å². The molecule has 148 valence electrons. The molecule has 1 N–H and O–H groups in total. The van der Waals surface area contributed by atoms with E-state index in [1.165, 1.54) is 16.9 Å². The van der Waals surface area contributed by atoms with Gasteiger partial charge in [-0.2, -0.15) is 0 Å². The second-order valence-corrected chi connectivity index (χ2v) is 7.97. The summed E-state index contributed by atoms with van der Waals surface area (Å²) in [5.41, 5.74) is 5.23. The van der Waals surface area contributed by atoms with E-state index in [1.807, 2.05) is 53.2 Å². The van der Waals surface area contributed by atoms with Crippen LogP contribution in [-0.4, -0.2) is 39.3 Å². The summed E-state index contributed by atoms with van der Waals surface area (Å²) in [4.78, 5) is 24.1. The standard InChI is InChI=1S/C22H23N5OS/c1-4-15-8-10-16(11-9-15)17-14-29-22(23-17)25-21(28)20-18(13-26(2)3)27-12-6-5-7-19(27)24-20/h5-12,14H,4,13H2,1-3H3,(H,23,25,28). The van der Waals surface area contributed by atoms with E-state index < -0.39 is 0 Å². The molecule has 0 atom stereocenters. The van der Waals surface area contributed by atoms with Crippen LogP contribution < -0.4 is 5.32 Å². The quantitative estimate of drug-likeness (QED) is 0.518. The van der Waals surface area contributed by atoms with Crippen LogP contribution in [0.4, 0.5) is 5.13 Å². The van der Waals surface area contributed by atoms with E-state index >= 15 is 0 Å². The van der Waals surface area contributed by atoms with Gasteiger partial charge in [0.1, 0.15) is 5.65 Å². The van der Waals surface area contributed by atoms with Gasteiger partial charge in [-0.05, 0) is 38.2 Å². The van der Waals surface area contributed by atoms with E-state index in [1.54, 1.807) is 0 Å². The number of aryl methyl sites for hydroxylation is 1. The Hall–Kier alpha value is -3.03. The zero-order chi connectivity index (χ0) is 20.4. The van der Waals surface area contributed by atoms with E-state index in [0.717, 1.165) is 29.0 Å². The number of fused-ring (bicyclic) bond motifs is 1. The summed E-state index contributed by atoms with van der Waals surface area (Å²) in [6.45, 7) is 2.75. The number of rotatable bonds is 6. The topological polar surface area (TPSA) is 62.5 Å². The first-order chi connectivity index (χ1) is 14.0. The lowest BCUT2D eigenvalue weighted by Gasteiger charge is -2.10. The van der Waals surface area contributed by atoms with Crippen LogP contribution in [-0.2, 0) is 13.0 Å². The smallest absolute Gasteiger partial charge is 0.278 e. The number of imidazole rings is 1. The maximum atomic E-state index is 13.0. The van der Waals surface area contributed by atoms with Crippen LogP contribution >= 0.6 is 11.3 Å². The lowest BCUT2D eigenvalue weighted by atomic mass is 10.1. The second-order valence-electron chi connectivity index (χ2n) is 7.12. The van der Waals surface area contributed by atoms with Crippen LogP contribution in [0.5, 0.6) is 0 Å². The number of nitrogens with one attached hydrogen (secondary N) is 1. The first kappa shape index (κ1) is 19.3. The number of amides is 1. The van der Waals surface area contributed by atoms with Gasteiger partial charge >= 0.3 is 0 Å². The third-order valence-electron chi connectivity index (χ3n) is 4.69. The van der Waals surface area contributed by atoms with Crippen LogP contribution in [0.3, 0.4) is 0 Å². The molecule has 0 aliphatic carbocycles. The summed E-state index contributed by atoms with van der Waals surface area (Å²) in [5, 5.41) is 5.45. The number of benzene rings is 1. The van der Waals surface area contributed by atoms with Gasteiger partial charge in [0.2, 0.25) is 0 Å². The van der Waals surface area contributed by atoms with Gasteiger partial charge in [0.15, 0.2) is 10.8 Å². The van der Waals surface area contributed by atoms with Crippen LogP contribution in [0.2, 0.25) is 0 Å². The number of aromatic nitrogens is 3. The van der Waals surface area contributed by atoms with Gasteiger partial charge in [0.25, 0.3) is 5.91 Å². The molecule has 0 fully saturated rings. The van der Waals surface area contributed by atoms with Crippen molar-refractivity contribution in [3.63, 3.8) is 0 Å². The highest BCUT2D eigenvalue weighted by Crippen LogP contribution is 2.26. The molecule has 29 heavy (non-hydrogen) atoms. The fraction of sp³-hybridized carbons (Fsp3) is 0.227. The van der Waals surface area contributed by atoms with E-state index in [2.05, 4.69) is 46.5 Å². The minimum atomic E-state index is -0.243. The molecule has 0 aliphatic heterocycles. The molecule has 3 heterocycles. The minimum Gasteiger partial charge on any atom is -0.304 e. The number of thiazole rings is 1. The van der Waals surface area contributed by atoms with Gasteiger partial charge in [-0.15, -0.1) is 11.3 Å². The predicted molar refractivity (Wildman–Crippen MR) is 117 cm³/mol. The monoisotopic (exact) mass is 405 g/mol. The van der Waals surface area contributed by atoms with Crippen molar-refractivity contribution in [2.45, 2.75) is 19.9 Å². The summed E-state index contributed by atoms with van der Waals surface area (Å²) in [7, 11) is 3.95. The Morgan fingerprint density at radius 3 is 2.66 bits per heavy atom. The van der Waals surface area contributed by atoms with Crippen molar-refractivity contribution >= 4 is 28.0 Å². The van der Waals surface area contributed by atoms with Gasteiger partial charge in [-0.1, -0.05) is 37.3 Å². The number of anilines is 1. The Morgan fingerprint density at radius 2 is 1.93 bits per heavy atom. The maximum absolute atomic E-state index is 13.0. The summed E-state index contributed by atoms with van der Waals surface area (Å²) in [5.74, 6) is -0.243. The average molecular weight is 406 g/mol. The number of hydrogen-bond acceptors (Lipinski definition) is 5. The Kier molecular flexibility index (Phi) is 5.42. The third-order valence-corrected chi connectivity index (χ3v) is 5.45. The number of pyridine rings is 1. The van der Waals surface area contributed by atoms with Crippen molar-refractivity contribution in [3.05, 3.63) is 71.0 Å². The largest absolute Gasteiger partial charge is 0.304 e. The molecule has 0 radical (unpaired) electrons. The molecule has 0 aliphatic rings. The normalized spacial score (nSPS) is 11.3. The van der Waals surface area contributed by atoms with Crippen LogP contribution in [0, 0.1) is 0 Å². The molecule has 1 amide bonds. The van der Waals surface area contributed by atoms with Crippen LogP contribution in [0.15, 0.2) is 54.0 Å². The van der Waals surface area contributed by atoms with Crippen molar-refractivity contribution in [1.29, 1.82) is 0 Å². The second kappa shape index (κ2) is 8.14. The molecule has 0 unspecified atom stereocenters. The number of nitrogens with zero attached hydrogens (tertiary/aromatic N) is 4. The molecule has 7 heteroatoms. The van der Waals surface area contributed by atoms with Gasteiger partial charge < -0.3 is 9.30 Å². The van der Waals surface area contributed by atoms with E-state index in [9.17, 15) is 4.79 Å². The molecule has 4 rings (SSSR count). The molecule has 6 nitrogen and oxygen atoms in total. The number of hydrogen-bond donors (Lipinski definition) is 1. The van der Waals surface area contributed by atoms with Crippen molar-refractivity contribution < 1.29 is 4.79 Å². The van der Waals surface area contributed by atoms with E-state index in [0.29, 0.717) is 17.4 Å². The Balaban J connectivity index is 1.59. The first-order valence-electron chi connectivity index (χ1n) is 9.52. The summed E-state index contributed by atoms with van der Waals surface area (Å²) < 4.78 is 1.96. The maximum Gasteiger partial charge on any atom is 0.278 e. The van der Waals surface area contributed by atoms with Crippen molar-refractivity contribution in [2.24, 2.45) is 0 Å². The lowest BCUT2D eigenvalue weighted by Crippen LogP contribution is -2.19. The highest BCUT2D eigenvalue weighted by atomic mass is 32.1. The molecule has 0 saturated carbocycles. The van der Waals surface area contributed by atoms with Gasteiger partial charge in [0, 0.05) is 23.7 Å². The number of carbonyl (C=O) groups is 1.